The Hall–Kier alpha value is -1.64. The highest BCUT2D eigenvalue weighted by molar-refractivity contribution is 7.89. The van der Waals surface area contributed by atoms with Crippen molar-refractivity contribution in [1.82, 2.24) is 10.0 Å². The zero-order valence-corrected chi connectivity index (χ0v) is 14.1. The Labute approximate surface area is 136 Å². The molecule has 0 aromatic heterocycles. The van der Waals surface area contributed by atoms with Gasteiger partial charge in [-0.3, -0.25) is 4.79 Å². The van der Waals surface area contributed by atoms with Crippen molar-refractivity contribution in [1.29, 1.82) is 0 Å². The largest absolute Gasteiger partial charge is 0.495 e. The summed E-state index contributed by atoms with van der Waals surface area (Å²) in [5.41, 5.74) is 0.264. The molecule has 1 aliphatic rings. The van der Waals surface area contributed by atoms with E-state index >= 15 is 0 Å². The van der Waals surface area contributed by atoms with Crippen LogP contribution in [-0.4, -0.2) is 47.2 Å². The first kappa shape index (κ1) is 17.7. The van der Waals surface area contributed by atoms with E-state index in [2.05, 4.69) is 10.0 Å². The van der Waals surface area contributed by atoms with Crippen molar-refractivity contribution in [2.24, 2.45) is 0 Å². The molecule has 7 nitrogen and oxygen atoms in total. The summed E-state index contributed by atoms with van der Waals surface area (Å²) in [6.45, 7) is 3.07. The summed E-state index contributed by atoms with van der Waals surface area (Å²) in [6, 6.07) is 4.33. The number of carbonyl (C=O) groups is 1. The van der Waals surface area contributed by atoms with Crippen LogP contribution in [0.5, 0.6) is 5.75 Å². The van der Waals surface area contributed by atoms with Crippen LogP contribution in [-0.2, 0) is 14.8 Å². The molecule has 1 heterocycles. The second-order valence-electron chi connectivity index (χ2n) is 5.21. The second kappa shape index (κ2) is 7.76. The lowest BCUT2D eigenvalue weighted by atomic mass is 10.2. The SMILES string of the molecule is CCNS(=O)(=O)c1cc(C(=O)NC[C@H]2CCCO2)ccc1OC. The molecular formula is C15H22N2O5S. The maximum atomic E-state index is 12.2. The Morgan fingerprint density at radius 2 is 2.22 bits per heavy atom. The van der Waals surface area contributed by atoms with E-state index < -0.39 is 10.0 Å². The smallest absolute Gasteiger partial charge is 0.251 e. The molecule has 1 aliphatic heterocycles. The van der Waals surface area contributed by atoms with Crippen molar-refractivity contribution in [3.05, 3.63) is 23.8 Å². The van der Waals surface area contributed by atoms with Gasteiger partial charge < -0.3 is 14.8 Å². The van der Waals surface area contributed by atoms with Gasteiger partial charge in [-0.1, -0.05) is 6.92 Å². The molecule has 0 saturated carbocycles. The third-order valence-electron chi connectivity index (χ3n) is 3.56. The van der Waals surface area contributed by atoms with Crippen LogP contribution in [0.3, 0.4) is 0 Å². The van der Waals surface area contributed by atoms with Crippen molar-refractivity contribution < 1.29 is 22.7 Å². The molecule has 128 valence electrons. The van der Waals surface area contributed by atoms with Gasteiger partial charge >= 0.3 is 0 Å². The van der Waals surface area contributed by atoms with Crippen molar-refractivity contribution in [3.63, 3.8) is 0 Å². The lowest BCUT2D eigenvalue weighted by molar-refractivity contribution is 0.0857. The molecule has 0 unspecified atom stereocenters. The lowest BCUT2D eigenvalue weighted by Crippen LogP contribution is -2.32. The van der Waals surface area contributed by atoms with E-state index in [1.54, 1.807) is 6.92 Å². The first-order valence-corrected chi connectivity index (χ1v) is 9.03. The number of ether oxygens (including phenoxy) is 2. The summed E-state index contributed by atoms with van der Waals surface area (Å²) in [5.74, 6) is -0.141. The normalized spacial score (nSPS) is 17.9. The van der Waals surface area contributed by atoms with Crippen LogP contribution >= 0.6 is 0 Å². The number of hydrogen-bond donors (Lipinski definition) is 2. The van der Waals surface area contributed by atoms with Crippen LogP contribution in [0.2, 0.25) is 0 Å². The predicted molar refractivity (Wildman–Crippen MR) is 85.2 cm³/mol. The Morgan fingerprint density at radius 3 is 2.83 bits per heavy atom. The maximum absolute atomic E-state index is 12.2. The lowest BCUT2D eigenvalue weighted by Gasteiger charge is -2.13. The van der Waals surface area contributed by atoms with E-state index in [-0.39, 0.29) is 34.8 Å². The minimum absolute atomic E-state index is 0.0298. The Balaban J connectivity index is 2.17. The molecule has 1 aromatic carbocycles. The summed E-state index contributed by atoms with van der Waals surface area (Å²) in [4.78, 5) is 12.2. The fraction of sp³-hybridized carbons (Fsp3) is 0.533. The summed E-state index contributed by atoms with van der Waals surface area (Å²) in [5, 5.41) is 2.77. The summed E-state index contributed by atoms with van der Waals surface area (Å²) in [6.07, 6.45) is 1.94. The number of methoxy groups -OCH3 is 1. The molecule has 0 spiro atoms. The summed E-state index contributed by atoms with van der Waals surface area (Å²) < 4.78 is 37.3. The molecule has 1 aromatic rings. The van der Waals surface area contributed by atoms with Crippen LogP contribution in [0.15, 0.2) is 23.1 Å². The average molecular weight is 342 g/mol. The third kappa shape index (κ3) is 4.43. The van der Waals surface area contributed by atoms with Gasteiger partial charge in [-0.2, -0.15) is 0 Å². The monoisotopic (exact) mass is 342 g/mol. The van der Waals surface area contributed by atoms with E-state index in [1.165, 1.54) is 25.3 Å². The Morgan fingerprint density at radius 1 is 1.43 bits per heavy atom. The zero-order chi connectivity index (χ0) is 16.9. The molecule has 1 atom stereocenters. The van der Waals surface area contributed by atoms with Gasteiger partial charge in [-0.05, 0) is 31.0 Å². The van der Waals surface area contributed by atoms with Gasteiger partial charge in [0.25, 0.3) is 5.91 Å². The van der Waals surface area contributed by atoms with E-state index in [9.17, 15) is 13.2 Å². The fourth-order valence-corrected chi connectivity index (χ4v) is 3.64. The first-order chi connectivity index (χ1) is 11.0. The highest BCUT2D eigenvalue weighted by Gasteiger charge is 2.22. The van der Waals surface area contributed by atoms with Gasteiger partial charge in [0.1, 0.15) is 10.6 Å². The third-order valence-corrected chi connectivity index (χ3v) is 5.13. The van der Waals surface area contributed by atoms with Crippen LogP contribution in [0, 0.1) is 0 Å². The van der Waals surface area contributed by atoms with Crippen LogP contribution in [0.25, 0.3) is 0 Å². The van der Waals surface area contributed by atoms with Crippen molar-refractivity contribution in [3.8, 4) is 5.75 Å². The van der Waals surface area contributed by atoms with E-state index in [0.717, 1.165) is 12.8 Å². The van der Waals surface area contributed by atoms with Crippen molar-refractivity contribution in [2.75, 3.05) is 26.8 Å². The molecule has 0 aliphatic carbocycles. The Bertz CT molecular complexity index is 654. The average Bonchev–Trinajstić information content (AvgIpc) is 3.05. The molecule has 1 saturated heterocycles. The number of hydrogen-bond acceptors (Lipinski definition) is 5. The van der Waals surface area contributed by atoms with Gasteiger partial charge in [-0.15, -0.1) is 0 Å². The van der Waals surface area contributed by atoms with Gasteiger partial charge in [0, 0.05) is 25.3 Å². The summed E-state index contributed by atoms with van der Waals surface area (Å²) in [7, 11) is -2.33. The van der Waals surface area contributed by atoms with Gasteiger partial charge in [-0.25, -0.2) is 13.1 Å². The molecule has 1 amide bonds. The topological polar surface area (TPSA) is 93.7 Å². The quantitative estimate of drug-likeness (QED) is 0.768. The summed E-state index contributed by atoms with van der Waals surface area (Å²) >= 11 is 0. The molecule has 2 rings (SSSR count). The van der Waals surface area contributed by atoms with Crippen LogP contribution < -0.4 is 14.8 Å². The fourth-order valence-electron chi connectivity index (χ4n) is 2.41. The van der Waals surface area contributed by atoms with Gasteiger partial charge in [0.15, 0.2) is 0 Å². The van der Waals surface area contributed by atoms with E-state index in [1.807, 2.05) is 0 Å². The van der Waals surface area contributed by atoms with Crippen molar-refractivity contribution in [2.45, 2.75) is 30.8 Å². The van der Waals surface area contributed by atoms with E-state index in [4.69, 9.17) is 9.47 Å². The molecule has 8 heteroatoms. The molecule has 0 radical (unpaired) electrons. The highest BCUT2D eigenvalue weighted by Crippen LogP contribution is 2.24. The minimum Gasteiger partial charge on any atom is -0.495 e. The number of carbonyl (C=O) groups excluding carboxylic acids is 1. The number of benzene rings is 1. The van der Waals surface area contributed by atoms with Gasteiger partial charge in [0.2, 0.25) is 10.0 Å². The predicted octanol–water partition coefficient (Wildman–Crippen LogP) is 0.902. The Kier molecular flexibility index (Phi) is 5.97. The molecule has 1 fully saturated rings. The first-order valence-electron chi connectivity index (χ1n) is 7.55. The number of nitrogens with one attached hydrogen (secondary N) is 2. The molecule has 2 N–H and O–H groups in total. The molecular weight excluding hydrogens is 320 g/mol. The number of rotatable bonds is 7. The standard InChI is InChI=1S/C15H22N2O5S/c1-3-17-23(19,20)14-9-11(6-7-13(14)21-2)15(18)16-10-12-5-4-8-22-12/h6-7,9,12,17H,3-5,8,10H2,1-2H3,(H,16,18)/t12-/m1/s1. The highest BCUT2D eigenvalue weighted by atomic mass is 32.2. The number of sulfonamides is 1. The van der Waals surface area contributed by atoms with Crippen LogP contribution in [0.1, 0.15) is 30.1 Å². The number of amides is 1. The van der Waals surface area contributed by atoms with Crippen molar-refractivity contribution >= 4 is 15.9 Å². The molecule has 0 bridgehead atoms. The van der Waals surface area contributed by atoms with Gasteiger partial charge in [0.05, 0.1) is 13.2 Å². The maximum Gasteiger partial charge on any atom is 0.251 e. The van der Waals surface area contributed by atoms with E-state index in [0.29, 0.717) is 13.2 Å². The second-order valence-corrected chi connectivity index (χ2v) is 6.95. The van der Waals surface area contributed by atoms with Crippen LogP contribution in [0.4, 0.5) is 0 Å². The zero-order valence-electron chi connectivity index (χ0n) is 13.3. The minimum atomic E-state index is -3.72. The molecule has 23 heavy (non-hydrogen) atoms.